The normalized spacial score (nSPS) is 14.7. The number of hydrogen-bond donors (Lipinski definition) is 0. The van der Waals surface area contributed by atoms with Crippen LogP contribution in [0.5, 0.6) is 5.75 Å². The van der Waals surface area contributed by atoms with E-state index >= 15 is 0 Å². The van der Waals surface area contributed by atoms with E-state index in [2.05, 4.69) is 93.9 Å². The average Bonchev–Trinajstić information content (AvgIpc) is 3.55. The molecular weight excluding hydrogens is 605 g/mol. The van der Waals surface area contributed by atoms with Gasteiger partial charge in [0.1, 0.15) is 23.5 Å². The van der Waals surface area contributed by atoms with Gasteiger partial charge in [0.05, 0.1) is 6.57 Å². The van der Waals surface area contributed by atoms with Crippen LogP contribution in [-0.2, 0) is 4.74 Å². The third-order valence-electron chi connectivity index (χ3n) is 8.62. The zero-order valence-electron chi connectivity index (χ0n) is 29.0. The zero-order chi connectivity index (χ0) is 34.1. The van der Waals surface area contributed by atoms with Gasteiger partial charge in [-0.15, -0.1) is 11.3 Å². The van der Waals surface area contributed by atoms with Crippen LogP contribution in [0.1, 0.15) is 89.5 Å². The van der Waals surface area contributed by atoms with Gasteiger partial charge in [-0.25, -0.2) is 4.85 Å². The van der Waals surface area contributed by atoms with E-state index < -0.39 is 13.9 Å². The van der Waals surface area contributed by atoms with Gasteiger partial charge in [0.15, 0.2) is 11.3 Å². The molecular formula is C38H48N4O2SSi. The molecule has 0 atom stereocenters. The van der Waals surface area contributed by atoms with Crippen molar-refractivity contribution in [1.82, 2.24) is 0 Å². The fraction of sp³-hybridized carbons (Fsp3) is 0.447. The van der Waals surface area contributed by atoms with Gasteiger partial charge >= 0.3 is 0 Å². The molecule has 2 heterocycles. The lowest BCUT2D eigenvalue weighted by molar-refractivity contribution is 0.0954. The number of anilines is 1. The van der Waals surface area contributed by atoms with Crippen LogP contribution in [0, 0.1) is 29.2 Å². The van der Waals surface area contributed by atoms with Crippen molar-refractivity contribution < 1.29 is 9.16 Å². The number of nitrogens with zero attached hydrogens (tertiary/aromatic N) is 4. The average molecular weight is 653 g/mol. The summed E-state index contributed by atoms with van der Waals surface area (Å²) < 4.78 is 12.8. The van der Waals surface area contributed by atoms with Gasteiger partial charge in [0.2, 0.25) is 5.70 Å². The Morgan fingerprint density at radius 2 is 1.59 bits per heavy atom. The van der Waals surface area contributed by atoms with Crippen LogP contribution in [0.25, 0.3) is 23.1 Å². The summed E-state index contributed by atoms with van der Waals surface area (Å²) in [5, 5.41) is 18.8. The maximum absolute atomic E-state index is 9.34. The molecule has 1 aromatic heterocycles. The molecule has 0 bridgehead atoms. The van der Waals surface area contributed by atoms with E-state index in [4.69, 9.17) is 15.7 Å². The molecule has 0 aliphatic carbocycles. The largest absolute Gasteiger partial charge is 0.543 e. The van der Waals surface area contributed by atoms with Crippen LogP contribution in [0.15, 0.2) is 59.0 Å². The molecule has 0 saturated carbocycles. The summed E-state index contributed by atoms with van der Waals surface area (Å²) in [4.78, 5) is 8.22. The Morgan fingerprint density at radius 1 is 1.00 bits per heavy atom. The van der Waals surface area contributed by atoms with Gasteiger partial charge in [-0.2, -0.15) is 10.5 Å². The monoisotopic (exact) mass is 652 g/mol. The van der Waals surface area contributed by atoms with Crippen LogP contribution < -0.4 is 9.33 Å². The zero-order valence-corrected chi connectivity index (χ0v) is 30.8. The van der Waals surface area contributed by atoms with E-state index in [1.807, 2.05) is 44.2 Å². The Morgan fingerprint density at radius 3 is 2.11 bits per heavy atom. The minimum absolute atomic E-state index is 0.0556. The number of nitriles is 2. The van der Waals surface area contributed by atoms with Crippen LogP contribution in [-0.4, -0.2) is 27.0 Å². The van der Waals surface area contributed by atoms with Gasteiger partial charge in [-0.3, -0.25) is 0 Å². The molecule has 1 aliphatic rings. The van der Waals surface area contributed by atoms with E-state index in [9.17, 15) is 10.5 Å². The summed E-state index contributed by atoms with van der Waals surface area (Å²) in [6.45, 7) is 29.3. The molecule has 6 nitrogen and oxygen atoms in total. The standard InChI is InChI=1S/C38H48N4O2SSi/c1-11-13-23-42(24-14-12-2)30-17-15-28(34(25-30)44-46(9,10)37(3,4)5)16-18-31-19-20-32(45-31)21-22-33-35(41-8)36(29(26-39)27-40)43-38(33,6)7/h15-22,25H,11-14,23-24H2,1-7,9-10H3/b18-16+,22-21+. The number of ether oxygens (including phenoxy) is 1. The van der Waals surface area contributed by atoms with Gasteiger partial charge in [-0.1, -0.05) is 53.5 Å². The summed E-state index contributed by atoms with van der Waals surface area (Å²) in [7, 11) is -2.08. The highest BCUT2D eigenvalue weighted by Crippen LogP contribution is 2.42. The van der Waals surface area contributed by atoms with E-state index in [-0.39, 0.29) is 22.1 Å². The molecule has 0 fully saturated rings. The van der Waals surface area contributed by atoms with Crippen molar-refractivity contribution in [3.8, 4) is 17.9 Å². The molecule has 0 amide bonds. The number of benzene rings is 1. The summed E-state index contributed by atoms with van der Waals surface area (Å²) in [5.41, 5.74) is 2.11. The van der Waals surface area contributed by atoms with Crippen molar-refractivity contribution in [2.24, 2.45) is 0 Å². The first-order valence-corrected chi connectivity index (χ1v) is 19.8. The highest BCUT2D eigenvalue weighted by atomic mass is 32.1. The first-order valence-electron chi connectivity index (χ1n) is 16.1. The molecule has 0 saturated heterocycles. The molecule has 8 heteroatoms. The topological polar surface area (TPSA) is 73.6 Å². The minimum atomic E-state index is -2.08. The predicted octanol–water partition coefficient (Wildman–Crippen LogP) is 11.0. The number of thiophene rings is 1. The Balaban J connectivity index is 1.95. The first-order chi connectivity index (χ1) is 21.7. The number of unbranched alkanes of at least 4 members (excludes halogenated alkanes) is 2. The van der Waals surface area contributed by atoms with E-state index in [1.54, 1.807) is 11.3 Å². The minimum Gasteiger partial charge on any atom is -0.543 e. The Labute approximate surface area is 281 Å². The van der Waals surface area contributed by atoms with Crippen molar-refractivity contribution in [1.29, 1.82) is 10.5 Å². The molecule has 0 spiro atoms. The molecule has 0 N–H and O–H groups in total. The van der Waals surface area contributed by atoms with Crippen molar-refractivity contribution in [2.75, 3.05) is 18.0 Å². The van der Waals surface area contributed by atoms with Crippen molar-refractivity contribution in [3.05, 3.63) is 85.7 Å². The van der Waals surface area contributed by atoms with Gasteiger partial charge < -0.3 is 14.1 Å². The fourth-order valence-electron chi connectivity index (χ4n) is 4.78. The molecule has 242 valence electrons. The Kier molecular flexibility index (Phi) is 12.3. The lowest BCUT2D eigenvalue weighted by Gasteiger charge is -2.37. The van der Waals surface area contributed by atoms with Crippen LogP contribution in [0.3, 0.4) is 0 Å². The van der Waals surface area contributed by atoms with E-state index in [0.29, 0.717) is 5.57 Å². The molecule has 1 aliphatic heterocycles. The molecule has 0 unspecified atom stereocenters. The van der Waals surface area contributed by atoms with E-state index in [0.717, 1.165) is 34.2 Å². The summed E-state index contributed by atoms with van der Waals surface area (Å²) in [6.07, 6.45) is 12.7. The van der Waals surface area contributed by atoms with Gasteiger partial charge in [0.25, 0.3) is 8.32 Å². The summed E-state index contributed by atoms with van der Waals surface area (Å²) in [6, 6.07) is 14.5. The van der Waals surface area contributed by atoms with Crippen LogP contribution in [0.4, 0.5) is 5.69 Å². The number of allylic oxidation sites excluding steroid dienone is 1. The van der Waals surface area contributed by atoms with E-state index in [1.165, 1.54) is 31.4 Å². The maximum atomic E-state index is 9.34. The first kappa shape index (κ1) is 36.4. The smallest absolute Gasteiger partial charge is 0.250 e. The van der Waals surface area contributed by atoms with Crippen LogP contribution in [0.2, 0.25) is 18.1 Å². The third-order valence-corrected chi connectivity index (χ3v) is 14.0. The molecule has 1 aromatic carbocycles. The van der Waals surface area contributed by atoms with Crippen LogP contribution >= 0.6 is 11.3 Å². The number of rotatable bonds is 13. The fourth-order valence-corrected chi connectivity index (χ4v) is 6.63. The second-order valence-electron chi connectivity index (χ2n) is 13.6. The molecule has 0 radical (unpaired) electrons. The van der Waals surface area contributed by atoms with Crippen molar-refractivity contribution in [3.63, 3.8) is 0 Å². The lowest BCUT2D eigenvalue weighted by Crippen LogP contribution is -2.44. The Hall–Kier alpha value is -4.03. The number of hydrogen-bond acceptors (Lipinski definition) is 6. The van der Waals surface area contributed by atoms with Gasteiger partial charge in [-0.05, 0) is 87.3 Å². The van der Waals surface area contributed by atoms with Crippen molar-refractivity contribution >= 4 is 43.6 Å². The SMILES string of the molecule is [C-]#[N+]C1=C(/C=C/c2ccc(/C=C/c3ccc(N(CCCC)CCCC)cc3O[Si](C)(C)C(C)(C)C)s2)C(C)(C)OC1=C(C#N)C#N. The highest BCUT2D eigenvalue weighted by Gasteiger charge is 2.40. The lowest BCUT2D eigenvalue weighted by atomic mass is 9.97. The highest BCUT2D eigenvalue weighted by molar-refractivity contribution is 7.13. The molecule has 2 aromatic rings. The molecule has 3 rings (SSSR count). The predicted molar refractivity (Wildman–Crippen MR) is 196 cm³/mol. The summed E-state index contributed by atoms with van der Waals surface area (Å²) >= 11 is 1.64. The Bertz CT molecular complexity index is 1620. The molecule has 46 heavy (non-hydrogen) atoms. The van der Waals surface area contributed by atoms with Crippen molar-refractivity contribution in [2.45, 2.75) is 97.9 Å². The third kappa shape index (κ3) is 8.82. The second kappa shape index (κ2) is 15.5. The second-order valence-corrected chi connectivity index (χ2v) is 19.5. The maximum Gasteiger partial charge on any atom is 0.250 e. The van der Waals surface area contributed by atoms with Gasteiger partial charge in [0, 0.05) is 45.7 Å². The summed E-state index contributed by atoms with van der Waals surface area (Å²) in [5.74, 6) is 0.995. The quantitative estimate of drug-likeness (QED) is 0.122.